The molecule has 1 aromatic heterocycles. The molecule has 1 amide bonds. The molecule has 5 heteroatoms. The van der Waals surface area contributed by atoms with Crippen LogP contribution in [0.3, 0.4) is 0 Å². The number of nitrogens with zero attached hydrogens (tertiary/aromatic N) is 2. The zero-order chi connectivity index (χ0) is 15.1. The number of hydrogen-bond donors (Lipinski definition) is 2. The van der Waals surface area contributed by atoms with E-state index < -0.39 is 0 Å². The summed E-state index contributed by atoms with van der Waals surface area (Å²) in [5, 5.41) is 14.6. The van der Waals surface area contributed by atoms with Gasteiger partial charge < -0.3 is 10.6 Å². The van der Waals surface area contributed by atoms with Crippen molar-refractivity contribution in [3.8, 4) is 6.07 Å². The maximum atomic E-state index is 12.0. The van der Waals surface area contributed by atoms with Gasteiger partial charge in [0, 0.05) is 12.2 Å². The first kappa shape index (κ1) is 14.3. The van der Waals surface area contributed by atoms with Crippen LogP contribution in [0.1, 0.15) is 16.1 Å². The molecule has 2 N–H and O–H groups in total. The number of pyridine rings is 1. The molecule has 0 unspecified atom stereocenters. The van der Waals surface area contributed by atoms with Crippen molar-refractivity contribution in [2.75, 3.05) is 17.2 Å². The Morgan fingerprint density at radius 1 is 1.33 bits per heavy atom. The van der Waals surface area contributed by atoms with Gasteiger partial charge in [0.15, 0.2) is 0 Å². The van der Waals surface area contributed by atoms with Crippen LogP contribution in [0.5, 0.6) is 0 Å². The van der Waals surface area contributed by atoms with E-state index in [1.807, 2.05) is 6.07 Å². The lowest BCUT2D eigenvalue weighted by Crippen LogP contribution is -2.13. The summed E-state index contributed by atoms with van der Waals surface area (Å²) in [6.07, 6.45) is 3.33. The fourth-order valence-electron chi connectivity index (χ4n) is 1.68. The third-order valence-electron chi connectivity index (χ3n) is 2.70. The van der Waals surface area contributed by atoms with Crippen LogP contribution >= 0.6 is 0 Å². The van der Waals surface area contributed by atoms with Crippen LogP contribution in [0.2, 0.25) is 0 Å². The Bertz CT molecular complexity index is 686. The van der Waals surface area contributed by atoms with Gasteiger partial charge in [-0.15, -0.1) is 6.58 Å². The first-order chi connectivity index (χ1) is 10.2. The summed E-state index contributed by atoms with van der Waals surface area (Å²) in [5.41, 5.74) is 2.18. The third kappa shape index (κ3) is 3.91. The zero-order valence-corrected chi connectivity index (χ0v) is 11.3. The lowest BCUT2D eigenvalue weighted by molar-refractivity contribution is 0.102. The standard InChI is InChI=1S/C16H14N4O/c1-2-8-18-14-6-7-15(19-11-14)16(21)20-13-5-3-4-12(9-13)10-17/h2-7,9,11,18H,1,8H2,(H,20,21). The van der Waals surface area contributed by atoms with Crippen molar-refractivity contribution in [2.24, 2.45) is 0 Å². The molecule has 1 aromatic carbocycles. The van der Waals surface area contributed by atoms with Crippen LogP contribution in [0.25, 0.3) is 0 Å². The second-order valence-electron chi connectivity index (χ2n) is 4.25. The van der Waals surface area contributed by atoms with E-state index in [0.717, 1.165) is 5.69 Å². The minimum absolute atomic E-state index is 0.307. The van der Waals surface area contributed by atoms with Gasteiger partial charge in [-0.3, -0.25) is 4.79 Å². The molecule has 0 spiro atoms. The highest BCUT2D eigenvalue weighted by Gasteiger charge is 2.07. The van der Waals surface area contributed by atoms with Gasteiger partial charge in [0.05, 0.1) is 23.5 Å². The number of nitriles is 1. The second kappa shape index (κ2) is 6.87. The van der Waals surface area contributed by atoms with Crippen molar-refractivity contribution in [1.29, 1.82) is 5.26 Å². The van der Waals surface area contributed by atoms with E-state index in [1.54, 1.807) is 48.7 Å². The maximum absolute atomic E-state index is 12.0. The Kier molecular flexibility index (Phi) is 4.67. The number of carbonyl (C=O) groups excluding carboxylic acids is 1. The highest BCUT2D eigenvalue weighted by molar-refractivity contribution is 6.03. The molecule has 0 aliphatic carbocycles. The molecule has 0 radical (unpaired) electrons. The number of nitrogens with one attached hydrogen (secondary N) is 2. The van der Waals surface area contributed by atoms with Crippen molar-refractivity contribution in [3.05, 3.63) is 66.5 Å². The number of rotatable bonds is 5. The second-order valence-corrected chi connectivity index (χ2v) is 4.25. The van der Waals surface area contributed by atoms with E-state index in [0.29, 0.717) is 23.5 Å². The number of carbonyl (C=O) groups is 1. The van der Waals surface area contributed by atoms with Gasteiger partial charge in [-0.25, -0.2) is 4.98 Å². The minimum Gasteiger partial charge on any atom is -0.380 e. The van der Waals surface area contributed by atoms with Gasteiger partial charge >= 0.3 is 0 Å². The molecule has 0 fully saturated rings. The van der Waals surface area contributed by atoms with E-state index in [1.165, 1.54) is 0 Å². The van der Waals surface area contributed by atoms with Crippen molar-refractivity contribution in [2.45, 2.75) is 0 Å². The van der Waals surface area contributed by atoms with Gasteiger partial charge in [-0.1, -0.05) is 12.1 Å². The number of aromatic nitrogens is 1. The van der Waals surface area contributed by atoms with Gasteiger partial charge in [0.2, 0.25) is 0 Å². The predicted octanol–water partition coefficient (Wildman–Crippen LogP) is 2.80. The average molecular weight is 278 g/mol. The maximum Gasteiger partial charge on any atom is 0.274 e. The fourth-order valence-corrected chi connectivity index (χ4v) is 1.68. The smallest absolute Gasteiger partial charge is 0.274 e. The SMILES string of the molecule is C=CCNc1ccc(C(=O)Nc2cccc(C#N)c2)nc1. The lowest BCUT2D eigenvalue weighted by Gasteiger charge is -2.06. The minimum atomic E-state index is -0.319. The Morgan fingerprint density at radius 2 is 2.19 bits per heavy atom. The first-order valence-corrected chi connectivity index (χ1v) is 6.35. The molecule has 2 rings (SSSR count). The highest BCUT2D eigenvalue weighted by atomic mass is 16.1. The summed E-state index contributed by atoms with van der Waals surface area (Å²) in [7, 11) is 0. The molecule has 0 saturated carbocycles. The molecule has 0 aliphatic rings. The summed E-state index contributed by atoms with van der Waals surface area (Å²) in [6.45, 7) is 4.25. The summed E-state index contributed by atoms with van der Waals surface area (Å²) in [4.78, 5) is 16.1. The molecule has 0 bridgehead atoms. The van der Waals surface area contributed by atoms with Gasteiger partial charge in [-0.05, 0) is 30.3 Å². The molecule has 104 valence electrons. The van der Waals surface area contributed by atoms with Crippen LogP contribution in [0.15, 0.2) is 55.3 Å². The Labute approximate surface area is 122 Å². The summed E-state index contributed by atoms with van der Waals surface area (Å²) in [5.74, 6) is -0.319. The Balaban J connectivity index is 2.06. The normalized spacial score (nSPS) is 9.48. The van der Waals surface area contributed by atoms with Crippen LogP contribution < -0.4 is 10.6 Å². The van der Waals surface area contributed by atoms with Crippen LogP contribution in [-0.2, 0) is 0 Å². The summed E-state index contributed by atoms with van der Waals surface area (Å²) in [6, 6.07) is 12.1. The zero-order valence-electron chi connectivity index (χ0n) is 11.3. The van der Waals surface area contributed by atoms with E-state index >= 15 is 0 Å². The summed E-state index contributed by atoms with van der Waals surface area (Å²) < 4.78 is 0. The van der Waals surface area contributed by atoms with E-state index in [2.05, 4.69) is 22.2 Å². The van der Waals surface area contributed by atoms with Gasteiger partial charge in [-0.2, -0.15) is 5.26 Å². The number of amides is 1. The Morgan fingerprint density at radius 3 is 2.86 bits per heavy atom. The van der Waals surface area contributed by atoms with Crippen molar-refractivity contribution >= 4 is 17.3 Å². The van der Waals surface area contributed by atoms with Crippen LogP contribution in [0.4, 0.5) is 11.4 Å². The van der Waals surface area contributed by atoms with Crippen LogP contribution in [-0.4, -0.2) is 17.4 Å². The number of benzene rings is 1. The van der Waals surface area contributed by atoms with Gasteiger partial charge in [0.1, 0.15) is 5.69 Å². The average Bonchev–Trinajstić information content (AvgIpc) is 2.53. The molecule has 21 heavy (non-hydrogen) atoms. The third-order valence-corrected chi connectivity index (χ3v) is 2.70. The molecular weight excluding hydrogens is 264 g/mol. The molecular formula is C16H14N4O. The molecule has 1 heterocycles. The van der Waals surface area contributed by atoms with E-state index in [4.69, 9.17) is 5.26 Å². The molecule has 2 aromatic rings. The highest BCUT2D eigenvalue weighted by Crippen LogP contribution is 2.12. The van der Waals surface area contributed by atoms with Crippen molar-refractivity contribution < 1.29 is 4.79 Å². The quantitative estimate of drug-likeness (QED) is 0.824. The largest absolute Gasteiger partial charge is 0.380 e. The molecule has 0 atom stereocenters. The number of hydrogen-bond acceptors (Lipinski definition) is 4. The lowest BCUT2D eigenvalue weighted by atomic mass is 10.2. The predicted molar refractivity (Wildman–Crippen MR) is 82.0 cm³/mol. The molecule has 5 nitrogen and oxygen atoms in total. The fraction of sp³-hybridized carbons (Fsp3) is 0.0625. The van der Waals surface area contributed by atoms with E-state index in [9.17, 15) is 4.79 Å². The number of anilines is 2. The topological polar surface area (TPSA) is 77.8 Å². The van der Waals surface area contributed by atoms with Crippen molar-refractivity contribution in [3.63, 3.8) is 0 Å². The van der Waals surface area contributed by atoms with Gasteiger partial charge in [0.25, 0.3) is 5.91 Å². The molecule has 0 saturated heterocycles. The first-order valence-electron chi connectivity index (χ1n) is 6.35. The monoisotopic (exact) mass is 278 g/mol. The summed E-state index contributed by atoms with van der Waals surface area (Å²) >= 11 is 0. The van der Waals surface area contributed by atoms with Crippen molar-refractivity contribution in [1.82, 2.24) is 4.98 Å². The van der Waals surface area contributed by atoms with E-state index in [-0.39, 0.29) is 5.91 Å². The Hall–Kier alpha value is -3.13. The van der Waals surface area contributed by atoms with Crippen LogP contribution in [0, 0.1) is 11.3 Å². The molecule has 0 aliphatic heterocycles.